The Hall–Kier alpha value is -1.88. The third-order valence-corrected chi connectivity index (χ3v) is 3.51. The number of carbonyl (C=O) groups is 1. The predicted molar refractivity (Wildman–Crippen MR) is 83.6 cm³/mol. The molecule has 0 radical (unpaired) electrons. The number of halogens is 1. The number of carbonyl (C=O) groups excluding carboxylic acids is 1. The number of nitrogens with zero attached hydrogens (tertiary/aromatic N) is 3. The molecule has 1 atom stereocenters. The number of benzene rings is 1. The molecule has 0 aliphatic heterocycles. The van der Waals surface area contributed by atoms with Crippen molar-refractivity contribution in [3.63, 3.8) is 0 Å². The second kappa shape index (κ2) is 6.26. The van der Waals surface area contributed by atoms with Crippen LogP contribution in [0.5, 0.6) is 0 Å². The maximum absolute atomic E-state index is 12.2. The number of hydrogen-bond donors (Lipinski definition) is 1. The molecular weight excluding hydrogens is 288 g/mol. The van der Waals surface area contributed by atoms with Gasteiger partial charge in [0.05, 0.1) is 6.04 Å². The van der Waals surface area contributed by atoms with Crippen LogP contribution in [0.25, 0.3) is 0 Å². The fraction of sp³-hybridized carbons (Fsp3) is 0.400. The quantitative estimate of drug-likeness (QED) is 0.941. The first-order valence-electron chi connectivity index (χ1n) is 6.82. The summed E-state index contributed by atoms with van der Waals surface area (Å²) in [5.74, 6) is 1.46. The molecule has 0 unspecified atom stereocenters. The number of aryl methyl sites for hydroxylation is 3. The number of rotatable bonds is 4. The summed E-state index contributed by atoms with van der Waals surface area (Å²) in [5, 5.41) is 7.80. The molecule has 0 spiro atoms. The Morgan fingerprint density at radius 3 is 2.71 bits per heavy atom. The summed E-state index contributed by atoms with van der Waals surface area (Å²) in [7, 11) is 0. The first-order valence-corrected chi connectivity index (χ1v) is 7.20. The molecule has 112 valence electrons. The molecule has 0 fully saturated rings. The third-order valence-electron chi connectivity index (χ3n) is 3.28. The Labute approximate surface area is 129 Å². The van der Waals surface area contributed by atoms with Crippen LogP contribution in [0, 0.1) is 20.8 Å². The van der Waals surface area contributed by atoms with Crippen LogP contribution in [0.1, 0.15) is 36.6 Å². The lowest BCUT2D eigenvalue weighted by Gasteiger charge is -2.14. The van der Waals surface area contributed by atoms with Crippen LogP contribution < -0.4 is 5.32 Å². The van der Waals surface area contributed by atoms with Gasteiger partial charge in [-0.25, -0.2) is 9.67 Å². The smallest absolute Gasteiger partial charge is 0.226 e. The minimum atomic E-state index is -0.0691. The molecule has 0 aliphatic carbocycles. The number of amides is 1. The fourth-order valence-electron chi connectivity index (χ4n) is 2.24. The lowest BCUT2D eigenvalue weighted by atomic mass is 10.2. The van der Waals surface area contributed by atoms with Crippen molar-refractivity contribution < 1.29 is 4.79 Å². The van der Waals surface area contributed by atoms with Gasteiger partial charge in [0, 0.05) is 17.1 Å². The highest BCUT2D eigenvalue weighted by molar-refractivity contribution is 6.31. The van der Waals surface area contributed by atoms with Gasteiger partial charge in [0.15, 0.2) is 0 Å². The van der Waals surface area contributed by atoms with Gasteiger partial charge in [0.2, 0.25) is 5.91 Å². The van der Waals surface area contributed by atoms with Crippen molar-refractivity contribution in [3.8, 4) is 0 Å². The van der Waals surface area contributed by atoms with Crippen molar-refractivity contribution in [1.29, 1.82) is 0 Å². The molecule has 0 aliphatic rings. The Morgan fingerprint density at radius 1 is 1.38 bits per heavy atom. The molecule has 5 nitrogen and oxygen atoms in total. The van der Waals surface area contributed by atoms with Crippen LogP contribution >= 0.6 is 11.6 Å². The summed E-state index contributed by atoms with van der Waals surface area (Å²) in [6, 6.07) is 5.39. The van der Waals surface area contributed by atoms with Gasteiger partial charge in [-0.1, -0.05) is 17.7 Å². The molecule has 1 aromatic heterocycles. The molecule has 0 bridgehead atoms. The van der Waals surface area contributed by atoms with Crippen LogP contribution in [-0.4, -0.2) is 20.7 Å². The monoisotopic (exact) mass is 306 g/mol. The van der Waals surface area contributed by atoms with Crippen molar-refractivity contribution in [2.45, 2.75) is 40.2 Å². The van der Waals surface area contributed by atoms with E-state index in [2.05, 4.69) is 15.4 Å². The molecule has 1 N–H and O–H groups in total. The molecular formula is C15H19ClN4O. The van der Waals surface area contributed by atoms with Crippen molar-refractivity contribution in [3.05, 3.63) is 40.4 Å². The maximum atomic E-state index is 12.2. The molecule has 2 rings (SSSR count). The van der Waals surface area contributed by atoms with Crippen LogP contribution in [0.2, 0.25) is 5.02 Å². The Balaban J connectivity index is 2.04. The van der Waals surface area contributed by atoms with Gasteiger partial charge in [-0.2, -0.15) is 5.10 Å². The van der Waals surface area contributed by atoms with Crippen LogP contribution in [-0.2, 0) is 4.79 Å². The first-order chi connectivity index (χ1) is 9.86. The second-order valence-electron chi connectivity index (χ2n) is 5.21. The SMILES string of the molecule is Cc1nc(C)n([C@@H](C)CC(=O)Nc2cc(Cl)ccc2C)n1. The average Bonchev–Trinajstić information content (AvgIpc) is 2.73. The topological polar surface area (TPSA) is 59.8 Å². The van der Waals surface area contributed by atoms with Gasteiger partial charge >= 0.3 is 0 Å². The normalized spacial score (nSPS) is 12.2. The summed E-state index contributed by atoms with van der Waals surface area (Å²) in [6.45, 7) is 7.60. The van der Waals surface area contributed by atoms with Crippen LogP contribution in [0.4, 0.5) is 5.69 Å². The number of nitrogens with one attached hydrogen (secondary N) is 1. The second-order valence-corrected chi connectivity index (χ2v) is 5.65. The summed E-state index contributed by atoms with van der Waals surface area (Å²) >= 11 is 5.95. The molecule has 6 heteroatoms. The van der Waals surface area contributed by atoms with Crippen molar-refractivity contribution in [1.82, 2.24) is 14.8 Å². The molecule has 0 saturated carbocycles. The lowest BCUT2D eigenvalue weighted by molar-refractivity contribution is -0.116. The van der Waals surface area contributed by atoms with Crippen molar-refractivity contribution in [2.75, 3.05) is 5.32 Å². The van der Waals surface area contributed by atoms with E-state index in [1.54, 1.807) is 16.8 Å². The summed E-state index contributed by atoms with van der Waals surface area (Å²) in [4.78, 5) is 16.4. The van der Waals surface area contributed by atoms with E-state index in [0.29, 0.717) is 17.3 Å². The lowest BCUT2D eigenvalue weighted by Crippen LogP contribution is -2.19. The van der Waals surface area contributed by atoms with Gasteiger partial charge in [-0.05, 0) is 45.4 Å². The van der Waals surface area contributed by atoms with Crippen molar-refractivity contribution >= 4 is 23.2 Å². The molecule has 1 heterocycles. The van der Waals surface area contributed by atoms with Gasteiger partial charge in [0.25, 0.3) is 0 Å². The predicted octanol–water partition coefficient (Wildman–Crippen LogP) is 3.45. The molecule has 21 heavy (non-hydrogen) atoms. The Morgan fingerprint density at radius 2 is 2.10 bits per heavy atom. The highest BCUT2D eigenvalue weighted by Crippen LogP contribution is 2.21. The minimum absolute atomic E-state index is 0.0503. The first kappa shape index (κ1) is 15.5. The zero-order valence-electron chi connectivity index (χ0n) is 12.6. The van der Waals surface area contributed by atoms with Crippen LogP contribution in [0.3, 0.4) is 0 Å². The number of anilines is 1. The zero-order valence-corrected chi connectivity index (χ0v) is 13.4. The summed E-state index contributed by atoms with van der Waals surface area (Å²) < 4.78 is 1.78. The van der Waals surface area contributed by atoms with E-state index in [1.165, 1.54) is 0 Å². The molecule has 1 aromatic carbocycles. The van der Waals surface area contributed by atoms with Gasteiger partial charge in [-0.3, -0.25) is 4.79 Å². The van der Waals surface area contributed by atoms with Crippen LogP contribution in [0.15, 0.2) is 18.2 Å². The third kappa shape index (κ3) is 3.82. The highest BCUT2D eigenvalue weighted by Gasteiger charge is 2.15. The highest BCUT2D eigenvalue weighted by atomic mass is 35.5. The van der Waals surface area contributed by atoms with E-state index in [4.69, 9.17) is 11.6 Å². The Kier molecular flexibility index (Phi) is 4.63. The fourth-order valence-corrected chi connectivity index (χ4v) is 2.41. The average molecular weight is 307 g/mol. The van der Waals surface area contributed by atoms with Gasteiger partial charge < -0.3 is 5.32 Å². The van der Waals surface area contributed by atoms with E-state index < -0.39 is 0 Å². The van der Waals surface area contributed by atoms with Gasteiger partial charge in [0.1, 0.15) is 11.6 Å². The molecule has 1 amide bonds. The largest absolute Gasteiger partial charge is 0.326 e. The van der Waals surface area contributed by atoms with Gasteiger partial charge in [-0.15, -0.1) is 0 Å². The molecule has 0 saturated heterocycles. The summed E-state index contributed by atoms with van der Waals surface area (Å²) in [5.41, 5.74) is 1.72. The maximum Gasteiger partial charge on any atom is 0.226 e. The van der Waals surface area contributed by atoms with E-state index in [0.717, 1.165) is 17.1 Å². The van der Waals surface area contributed by atoms with E-state index >= 15 is 0 Å². The number of hydrogen-bond acceptors (Lipinski definition) is 3. The minimum Gasteiger partial charge on any atom is -0.326 e. The standard InChI is InChI=1S/C15H19ClN4O/c1-9-5-6-13(16)8-14(9)18-15(21)7-10(2)20-12(4)17-11(3)19-20/h5-6,8,10H,7H2,1-4H3,(H,18,21)/t10-/m0/s1. The van der Waals surface area contributed by atoms with Crippen molar-refractivity contribution in [2.24, 2.45) is 0 Å². The van der Waals surface area contributed by atoms with E-state index in [1.807, 2.05) is 33.8 Å². The Bertz CT molecular complexity index is 666. The van der Waals surface area contributed by atoms with E-state index in [9.17, 15) is 4.79 Å². The molecule has 2 aromatic rings. The van der Waals surface area contributed by atoms with E-state index in [-0.39, 0.29) is 11.9 Å². The number of aromatic nitrogens is 3. The zero-order chi connectivity index (χ0) is 15.6. The summed E-state index contributed by atoms with van der Waals surface area (Å²) in [6.07, 6.45) is 0.329.